The molecule has 15 heavy (non-hydrogen) atoms. The Morgan fingerprint density at radius 2 is 2.33 bits per heavy atom. The van der Waals surface area contributed by atoms with E-state index in [0.717, 1.165) is 0 Å². The first-order valence-electron chi connectivity index (χ1n) is 4.20. The van der Waals surface area contributed by atoms with Crippen LogP contribution in [0.25, 0.3) is 0 Å². The third-order valence-corrected chi connectivity index (χ3v) is 2.50. The molecule has 2 nitrogen and oxygen atoms in total. The van der Waals surface area contributed by atoms with Crippen molar-refractivity contribution in [1.29, 1.82) is 5.26 Å². The monoisotopic (exact) mass is 266 g/mol. The fraction of sp³-hybridized carbons (Fsp3) is 0.182. The summed E-state index contributed by atoms with van der Waals surface area (Å²) >= 11 is 3.20. The van der Waals surface area contributed by atoms with E-state index in [1.54, 1.807) is 6.07 Å². The molecule has 0 aliphatic carbocycles. The molecule has 0 aliphatic rings. The van der Waals surface area contributed by atoms with E-state index in [-0.39, 0.29) is 5.82 Å². The van der Waals surface area contributed by atoms with Gasteiger partial charge in [-0.1, -0.05) is 27.9 Å². The van der Waals surface area contributed by atoms with Crippen molar-refractivity contribution >= 4 is 15.9 Å². The number of nitriles is 1. The summed E-state index contributed by atoms with van der Waals surface area (Å²) < 4.78 is 13.4. The Hall–Kier alpha value is -1.36. The summed E-state index contributed by atoms with van der Waals surface area (Å²) in [5, 5.41) is 11.8. The molecule has 0 heterocycles. The first-order chi connectivity index (χ1) is 7.19. The molecule has 0 fully saturated rings. The summed E-state index contributed by atoms with van der Waals surface area (Å²) in [6.07, 6.45) is 5.08. The van der Waals surface area contributed by atoms with Gasteiger partial charge in [-0.2, -0.15) is 5.26 Å². The molecule has 0 aromatic heterocycles. The van der Waals surface area contributed by atoms with Gasteiger partial charge in [0.1, 0.15) is 11.9 Å². The fourth-order valence-corrected chi connectivity index (χ4v) is 1.70. The van der Waals surface area contributed by atoms with Crippen LogP contribution >= 0.6 is 15.9 Å². The molecule has 1 atom stereocenters. The van der Waals surface area contributed by atoms with Crippen LogP contribution in [0.5, 0.6) is 0 Å². The highest BCUT2D eigenvalue weighted by Gasteiger charge is 2.12. The molecular weight excluding hydrogens is 259 g/mol. The van der Waals surface area contributed by atoms with Gasteiger partial charge in [-0.3, -0.25) is 5.32 Å². The highest BCUT2D eigenvalue weighted by Crippen LogP contribution is 2.23. The standard InChI is InChI=1S/C11H8BrFN2/c1-2-5-15-11(7-14)9-4-3-8(13)6-10(9)12/h1,3-4,6,11,15H,5H2. The van der Waals surface area contributed by atoms with Crippen LogP contribution in [0.3, 0.4) is 0 Å². The van der Waals surface area contributed by atoms with Crippen molar-refractivity contribution in [1.82, 2.24) is 5.32 Å². The van der Waals surface area contributed by atoms with E-state index in [1.807, 2.05) is 0 Å². The van der Waals surface area contributed by atoms with Gasteiger partial charge >= 0.3 is 0 Å². The second-order valence-corrected chi connectivity index (χ2v) is 3.67. The summed E-state index contributed by atoms with van der Waals surface area (Å²) in [6.45, 7) is 0.294. The van der Waals surface area contributed by atoms with Crippen molar-refractivity contribution in [3.8, 4) is 18.4 Å². The van der Waals surface area contributed by atoms with Crippen molar-refractivity contribution in [3.63, 3.8) is 0 Å². The number of terminal acetylenes is 1. The molecule has 1 aromatic rings. The highest BCUT2D eigenvalue weighted by molar-refractivity contribution is 9.10. The molecule has 0 radical (unpaired) electrons. The molecule has 76 valence electrons. The minimum Gasteiger partial charge on any atom is -0.287 e. The predicted octanol–water partition coefficient (Wildman–Crippen LogP) is 2.38. The fourth-order valence-electron chi connectivity index (χ4n) is 1.12. The number of nitrogens with zero attached hydrogens (tertiary/aromatic N) is 1. The second kappa shape index (κ2) is 5.50. The predicted molar refractivity (Wildman–Crippen MR) is 59.3 cm³/mol. The van der Waals surface area contributed by atoms with Gasteiger partial charge in [0.2, 0.25) is 0 Å². The molecule has 0 bridgehead atoms. The van der Waals surface area contributed by atoms with Gasteiger partial charge < -0.3 is 0 Å². The zero-order valence-electron chi connectivity index (χ0n) is 7.80. The number of hydrogen-bond donors (Lipinski definition) is 1. The molecule has 1 unspecified atom stereocenters. The summed E-state index contributed by atoms with van der Waals surface area (Å²) in [5.74, 6) is 2.03. The van der Waals surface area contributed by atoms with E-state index in [1.165, 1.54) is 12.1 Å². The van der Waals surface area contributed by atoms with Crippen LogP contribution in [0.4, 0.5) is 4.39 Å². The number of rotatable bonds is 3. The maximum absolute atomic E-state index is 12.8. The normalized spacial score (nSPS) is 11.5. The Morgan fingerprint density at radius 1 is 1.60 bits per heavy atom. The van der Waals surface area contributed by atoms with Gasteiger partial charge in [0, 0.05) is 4.47 Å². The maximum atomic E-state index is 12.8. The van der Waals surface area contributed by atoms with Crippen LogP contribution in [0.15, 0.2) is 22.7 Å². The summed E-state index contributed by atoms with van der Waals surface area (Å²) in [5.41, 5.74) is 0.675. The van der Waals surface area contributed by atoms with Crippen molar-refractivity contribution in [3.05, 3.63) is 34.1 Å². The Labute approximate surface area is 96.2 Å². The largest absolute Gasteiger partial charge is 0.287 e. The lowest BCUT2D eigenvalue weighted by molar-refractivity contribution is 0.622. The van der Waals surface area contributed by atoms with Gasteiger partial charge in [-0.25, -0.2) is 4.39 Å². The van der Waals surface area contributed by atoms with Crippen LogP contribution in [0.2, 0.25) is 0 Å². The Balaban J connectivity index is 2.94. The SMILES string of the molecule is C#CCNC(C#N)c1ccc(F)cc1Br. The second-order valence-electron chi connectivity index (χ2n) is 2.81. The lowest BCUT2D eigenvalue weighted by Crippen LogP contribution is -2.20. The van der Waals surface area contributed by atoms with Crippen LogP contribution in [-0.4, -0.2) is 6.54 Å². The molecule has 1 aromatic carbocycles. The average molecular weight is 267 g/mol. The first kappa shape index (κ1) is 11.7. The summed E-state index contributed by atoms with van der Waals surface area (Å²) in [4.78, 5) is 0. The maximum Gasteiger partial charge on any atom is 0.124 e. The zero-order chi connectivity index (χ0) is 11.3. The van der Waals surface area contributed by atoms with E-state index in [4.69, 9.17) is 11.7 Å². The smallest absolute Gasteiger partial charge is 0.124 e. The van der Waals surface area contributed by atoms with Crippen molar-refractivity contribution in [2.45, 2.75) is 6.04 Å². The van der Waals surface area contributed by atoms with E-state index in [2.05, 4.69) is 33.2 Å². The first-order valence-corrected chi connectivity index (χ1v) is 4.99. The van der Waals surface area contributed by atoms with Gasteiger partial charge in [0.15, 0.2) is 0 Å². The molecule has 0 amide bonds. The topological polar surface area (TPSA) is 35.8 Å². The number of hydrogen-bond acceptors (Lipinski definition) is 2. The van der Waals surface area contributed by atoms with E-state index in [0.29, 0.717) is 16.6 Å². The number of halogens is 2. The van der Waals surface area contributed by atoms with Crippen LogP contribution in [-0.2, 0) is 0 Å². The molecular formula is C11H8BrFN2. The molecule has 4 heteroatoms. The van der Waals surface area contributed by atoms with Crippen LogP contribution in [0.1, 0.15) is 11.6 Å². The van der Waals surface area contributed by atoms with E-state index < -0.39 is 6.04 Å². The molecule has 0 saturated heterocycles. The molecule has 0 spiro atoms. The minimum absolute atomic E-state index is 0.294. The van der Waals surface area contributed by atoms with Crippen molar-refractivity contribution < 1.29 is 4.39 Å². The van der Waals surface area contributed by atoms with Crippen LogP contribution < -0.4 is 5.32 Å². The Bertz CT molecular complexity index is 431. The zero-order valence-corrected chi connectivity index (χ0v) is 9.38. The average Bonchev–Trinajstić information content (AvgIpc) is 2.21. The lowest BCUT2D eigenvalue weighted by atomic mass is 10.1. The Kier molecular flexibility index (Phi) is 4.30. The Morgan fingerprint density at radius 3 is 2.87 bits per heavy atom. The molecule has 0 saturated carbocycles. The number of benzene rings is 1. The molecule has 1 rings (SSSR count). The number of nitrogens with one attached hydrogen (secondary N) is 1. The summed E-state index contributed by atoms with van der Waals surface area (Å²) in [7, 11) is 0. The quantitative estimate of drug-likeness (QED) is 0.853. The van der Waals surface area contributed by atoms with Gasteiger partial charge in [0.25, 0.3) is 0 Å². The van der Waals surface area contributed by atoms with E-state index in [9.17, 15) is 4.39 Å². The van der Waals surface area contributed by atoms with Crippen molar-refractivity contribution in [2.75, 3.05) is 6.54 Å². The summed E-state index contributed by atoms with van der Waals surface area (Å²) in [6, 6.07) is 5.70. The van der Waals surface area contributed by atoms with E-state index >= 15 is 0 Å². The van der Waals surface area contributed by atoms with Gasteiger partial charge in [-0.15, -0.1) is 6.42 Å². The van der Waals surface area contributed by atoms with Crippen molar-refractivity contribution in [2.24, 2.45) is 0 Å². The lowest BCUT2D eigenvalue weighted by Gasteiger charge is -2.11. The third-order valence-electron chi connectivity index (χ3n) is 1.81. The minimum atomic E-state index is -0.531. The highest BCUT2D eigenvalue weighted by atomic mass is 79.9. The molecule has 0 aliphatic heterocycles. The van der Waals surface area contributed by atoms with Crippen LogP contribution in [0, 0.1) is 29.5 Å². The third kappa shape index (κ3) is 3.06. The van der Waals surface area contributed by atoms with Gasteiger partial charge in [-0.05, 0) is 17.7 Å². The van der Waals surface area contributed by atoms with Gasteiger partial charge in [0.05, 0.1) is 12.6 Å². The molecule has 1 N–H and O–H groups in total.